The largest absolute Gasteiger partial charge is 0.481 e. The zero-order chi connectivity index (χ0) is 14.7. The summed E-state index contributed by atoms with van der Waals surface area (Å²) in [4.78, 5) is 23.6. The molecule has 1 atom stereocenters. The molecule has 0 aliphatic carbocycles. The third kappa shape index (κ3) is 3.15. The van der Waals surface area contributed by atoms with E-state index >= 15 is 0 Å². The van der Waals surface area contributed by atoms with E-state index in [0.717, 1.165) is 0 Å². The van der Waals surface area contributed by atoms with Gasteiger partial charge in [-0.25, -0.2) is 0 Å². The maximum absolute atomic E-state index is 12.4. The second-order valence-corrected chi connectivity index (χ2v) is 5.69. The first-order chi connectivity index (χ1) is 8.76. The van der Waals surface area contributed by atoms with Gasteiger partial charge in [0.2, 0.25) is 5.91 Å². The van der Waals surface area contributed by atoms with Crippen molar-refractivity contribution in [2.24, 2.45) is 10.8 Å². The van der Waals surface area contributed by atoms with Gasteiger partial charge in [0, 0.05) is 19.3 Å². The molecule has 1 heterocycles. The van der Waals surface area contributed by atoms with Crippen molar-refractivity contribution in [3.63, 3.8) is 0 Å². The van der Waals surface area contributed by atoms with Gasteiger partial charge in [-0.2, -0.15) is 0 Å². The lowest BCUT2D eigenvalue weighted by atomic mass is 9.78. The molecule has 0 saturated carbocycles. The van der Waals surface area contributed by atoms with Crippen molar-refractivity contribution in [3.8, 4) is 0 Å². The molecule has 0 aromatic rings. The van der Waals surface area contributed by atoms with Gasteiger partial charge in [0.15, 0.2) is 0 Å². The lowest BCUT2D eigenvalue weighted by Crippen LogP contribution is -2.52. The third-order valence-corrected chi connectivity index (χ3v) is 4.21. The molecule has 0 radical (unpaired) electrons. The number of carboxylic acids is 1. The van der Waals surface area contributed by atoms with Gasteiger partial charge in [-0.15, -0.1) is 6.58 Å². The van der Waals surface area contributed by atoms with Crippen LogP contribution in [0.15, 0.2) is 12.7 Å². The topological polar surface area (TPSA) is 75.6 Å². The van der Waals surface area contributed by atoms with Crippen molar-refractivity contribution < 1.29 is 19.4 Å². The van der Waals surface area contributed by atoms with Gasteiger partial charge in [0.25, 0.3) is 0 Å². The lowest BCUT2D eigenvalue weighted by Gasteiger charge is -2.36. The van der Waals surface area contributed by atoms with Crippen LogP contribution in [-0.4, -0.2) is 36.2 Å². The van der Waals surface area contributed by atoms with E-state index in [1.54, 1.807) is 26.8 Å². The quantitative estimate of drug-likeness (QED) is 0.743. The molecule has 108 valence electrons. The Hall–Kier alpha value is -1.36. The van der Waals surface area contributed by atoms with Crippen molar-refractivity contribution in [1.29, 1.82) is 0 Å². The molecule has 19 heavy (non-hydrogen) atoms. The summed E-state index contributed by atoms with van der Waals surface area (Å²) >= 11 is 0. The highest BCUT2D eigenvalue weighted by atomic mass is 16.5. The molecule has 0 bridgehead atoms. The number of amides is 1. The summed E-state index contributed by atoms with van der Waals surface area (Å²) in [6, 6.07) is -0.461. The Morgan fingerprint density at radius 1 is 1.42 bits per heavy atom. The first kappa shape index (κ1) is 15.7. The minimum absolute atomic E-state index is 0.160. The minimum Gasteiger partial charge on any atom is -0.481 e. The Kier molecular flexibility index (Phi) is 4.74. The molecule has 5 nitrogen and oxygen atoms in total. The fourth-order valence-corrected chi connectivity index (χ4v) is 1.97. The number of aliphatic carboxylic acids is 1. The van der Waals surface area contributed by atoms with Gasteiger partial charge in [0.1, 0.15) is 0 Å². The van der Waals surface area contributed by atoms with Crippen molar-refractivity contribution in [3.05, 3.63) is 12.7 Å². The monoisotopic (exact) mass is 269 g/mol. The predicted molar refractivity (Wildman–Crippen MR) is 71.7 cm³/mol. The molecule has 1 aliphatic rings. The highest BCUT2D eigenvalue weighted by Gasteiger charge is 2.41. The van der Waals surface area contributed by atoms with Crippen LogP contribution in [0.2, 0.25) is 0 Å². The summed E-state index contributed by atoms with van der Waals surface area (Å²) in [6.07, 6.45) is 2.83. The van der Waals surface area contributed by atoms with E-state index in [1.807, 2.05) is 0 Å². The number of hydrogen-bond acceptors (Lipinski definition) is 3. The van der Waals surface area contributed by atoms with Crippen LogP contribution in [0.1, 0.15) is 33.6 Å². The van der Waals surface area contributed by atoms with Crippen molar-refractivity contribution in [1.82, 2.24) is 5.32 Å². The molecule has 0 aromatic heterocycles. The zero-order valence-corrected chi connectivity index (χ0v) is 11.9. The number of ether oxygens (including phenoxy) is 1. The summed E-state index contributed by atoms with van der Waals surface area (Å²) in [6.45, 7) is 9.71. The second-order valence-electron chi connectivity index (χ2n) is 5.69. The molecule has 1 amide bonds. The first-order valence-corrected chi connectivity index (χ1v) is 6.52. The molecule has 0 spiro atoms. The second kappa shape index (κ2) is 5.74. The Morgan fingerprint density at radius 2 is 1.95 bits per heavy atom. The van der Waals surface area contributed by atoms with Crippen LogP contribution in [0.5, 0.6) is 0 Å². The van der Waals surface area contributed by atoms with E-state index in [1.165, 1.54) is 0 Å². The van der Waals surface area contributed by atoms with Crippen molar-refractivity contribution >= 4 is 11.9 Å². The third-order valence-electron chi connectivity index (χ3n) is 4.21. The maximum Gasteiger partial charge on any atom is 0.311 e. The van der Waals surface area contributed by atoms with E-state index in [9.17, 15) is 9.59 Å². The number of carbonyl (C=O) groups is 2. The number of carboxylic acid groups (broad SMARTS) is 1. The fourth-order valence-electron chi connectivity index (χ4n) is 1.97. The highest BCUT2D eigenvalue weighted by Crippen LogP contribution is 2.33. The Labute approximate surface area is 114 Å². The molecule has 1 saturated heterocycles. The number of hydrogen-bond donors (Lipinski definition) is 2. The Morgan fingerprint density at radius 3 is 2.37 bits per heavy atom. The predicted octanol–water partition coefficient (Wildman–Crippen LogP) is 1.58. The summed E-state index contributed by atoms with van der Waals surface area (Å²) in [5.74, 6) is -1.09. The molecule has 2 N–H and O–H groups in total. The van der Waals surface area contributed by atoms with Crippen LogP contribution in [0.3, 0.4) is 0 Å². The molecular formula is C14H23NO4. The normalized spacial score (nSPS) is 20.4. The minimum atomic E-state index is -1.01. The van der Waals surface area contributed by atoms with Gasteiger partial charge in [-0.1, -0.05) is 6.08 Å². The summed E-state index contributed by atoms with van der Waals surface area (Å²) in [5.41, 5.74) is -1.65. The summed E-state index contributed by atoms with van der Waals surface area (Å²) in [5, 5.41) is 12.0. The number of rotatable bonds is 5. The molecule has 1 rings (SSSR count). The van der Waals surface area contributed by atoms with Gasteiger partial charge < -0.3 is 15.2 Å². The zero-order valence-electron chi connectivity index (χ0n) is 11.9. The maximum atomic E-state index is 12.4. The average Bonchev–Trinajstić information content (AvgIpc) is 2.39. The van der Waals surface area contributed by atoms with E-state index < -0.39 is 22.8 Å². The van der Waals surface area contributed by atoms with E-state index in [4.69, 9.17) is 9.84 Å². The summed E-state index contributed by atoms with van der Waals surface area (Å²) < 4.78 is 5.27. The van der Waals surface area contributed by atoms with E-state index in [-0.39, 0.29) is 5.91 Å². The van der Waals surface area contributed by atoms with Crippen LogP contribution in [0.4, 0.5) is 0 Å². The fraction of sp³-hybridized carbons (Fsp3) is 0.714. The van der Waals surface area contributed by atoms with Gasteiger partial charge in [-0.05, 0) is 33.6 Å². The Balaban J connectivity index is 2.78. The van der Waals surface area contributed by atoms with Crippen molar-refractivity contribution in [2.75, 3.05) is 13.2 Å². The first-order valence-electron chi connectivity index (χ1n) is 6.52. The molecule has 1 fully saturated rings. The van der Waals surface area contributed by atoms with Gasteiger partial charge in [0.05, 0.1) is 10.8 Å². The van der Waals surface area contributed by atoms with Gasteiger partial charge >= 0.3 is 5.97 Å². The van der Waals surface area contributed by atoms with Crippen LogP contribution in [-0.2, 0) is 14.3 Å². The molecular weight excluding hydrogens is 246 g/mol. The Bertz CT molecular complexity index is 370. The van der Waals surface area contributed by atoms with Crippen LogP contribution in [0, 0.1) is 10.8 Å². The SMILES string of the molecule is C=CC1(C(=O)NC(C)C(C)(C)C(=O)O)CCOCC1. The number of carbonyl (C=O) groups excluding carboxylic acids is 1. The van der Waals surface area contributed by atoms with Gasteiger partial charge in [-0.3, -0.25) is 9.59 Å². The molecule has 1 aliphatic heterocycles. The van der Waals surface area contributed by atoms with E-state index in [0.29, 0.717) is 26.1 Å². The van der Waals surface area contributed by atoms with Crippen LogP contribution < -0.4 is 5.32 Å². The van der Waals surface area contributed by atoms with E-state index in [2.05, 4.69) is 11.9 Å². The summed E-state index contributed by atoms with van der Waals surface area (Å²) in [7, 11) is 0. The highest BCUT2D eigenvalue weighted by molar-refractivity contribution is 5.86. The smallest absolute Gasteiger partial charge is 0.311 e. The van der Waals surface area contributed by atoms with Crippen molar-refractivity contribution in [2.45, 2.75) is 39.7 Å². The lowest BCUT2D eigenvalue weighted by molar-refractivity contribution is -0.149. The standard InChI is InChI=1S/C14H23NO4/c1-5-14(6-8-19-9-7-14)11(16)15-10(2)13(3,4)12(17)18/h5,10H,1,6-9H2,2-4H3,(H,15,16)(H,17,18). The average molecular weight is 269 g/mol. The molecule has 5 heteroatoms. The van der Waals surface area contributed by atoms with Crippen LogP contribution >= 0.6 is 0 Å². The number of nitrogens with one attached hydrogen (secondary N) is 1. The molecule has 0 aromatic carbocycles. The molecule has 1 unspecified atom stereocenters. The van der Waals surface area contributed by atoms with Crippen LogP contribution in [0.25, 0.3) is 0 Å².